The Hall–Kier alpha value is -5.09. The van der Waals surface area contributed by atoms with Gasteiger partial charge in [0.15, 0.2) is 5.82 Å². The van der Waals surface area contributed by atoms with E-state index in [1.54, 1.807) is 0 Å². The van der Waals surface area contributed by atoms with E-state index in [-0.39, 0.29) is 5.41 Å². The van der Waals surface area contributed by atoms with Crippen molar-refractivity contribution >= 4 is 17.1 Å². The van der Waals surface area contributed by atoms with Crippen LogP contribution < -0.4 is 4.90 Å². The Morgan fingerprint density at radius 2 is 1.03 bits per heavy atom. The number of aryl methyl sites for hydroxylation is 1. The molecule has 4 heteroatoms. The van der Waals surface area contributed by atoms with Crippen LogP contribution in [0, 0.1) is 35.5 Å². The summed E-state index contributed by atoms with van der Waals surface area (Å²) in [7, 11) is 0. The van der Waals surface area contributed by atoms with Crippen LogP contribution in [0.15, 0.2) is 133 Å². The van der Waals surface area contributed by atoms with Gasteiger partial charge in [-0.1, -0.05) is 116 Å². The molecule has 6 fully saturated rings. The molecule has 296 valence electrons. The molecule has 0 saturated heterocycles. The molecular weight excluding hydrogens is 717 g/mol. The third-order valence-electron chi connectivity index (χ3n) is 16.1. The number of rotatable bonds is 8. The molecule has 2 heterocycles. The van der Waals surface area contributed by atoms with Crippen LogP contribution in [0.2, 0.25) is 0 Å². The lowest BCUT2D eigenvalue weighted by Crippen LogP contribution is -2.49. The normalized spacial score (nSPS) is 28.5. The number of para-hydroxylation sites is 2. The number of anilines is 3. The zero-order valence-electron chi connectivity index (χ0n) is 34.4. The zero-order chi connectivity index (χ0) is 39.0. The lowest BCUT2D eigenvalue weighted by molar-refractivity contribution is -0.00956. The maximum atomic E-state index is 5.50. The summed E-state index contributed by atoms with van der Waals surface area (Å²) in [6.07, 6.45) is 18.9. The predicted molar refractivity (Wildman–Crippen MR) is 238 cm³/mol. The van der Waals surface area contributed by atoms with Gasteiger partial charge < -0.3 is 4.90 Å². The molecule has 0 amide bonds. The number of fused-ring (bicyclic) bond motifs is 4. The van der Waals surface area contributed by atoms with E-state index in [0.29, 0.717) is 0 Å². The van der Waals surface area contributed by atoms with Crippen molar-refractivity contribution in [3.05, 3.63) is 167 Å². The molecule has 1 aliphatic heterocycles. The quantitative estimate of drug-likeness (QED) is 0.154. The summed E-state index contributed by atoms with van der Waals surface area (Å²) in [4.78, 5) is 18.8. The minimum atomic E-state index is -0.475. The summed E-state index contributed by atoms with van der Waals surface area (Å²) in [6.45, 7) is 0. The number of benzene rings is 5. The highest BCUT2D eigenvalue weighted by Gasteiger charge is 2.53. The summed E-state index contributed by atoms with van der Waals surface area (Å²) in [5, 5.41) is 0. The molecule has 59 heavy (non-hydrogen) atoms. The first-order valence-corrected chi connectivity index (χ1v) is 23.1. The number of hydrogen-bond donors (Lipinski definition) is 0. The Kier molecular flexibility index (Phi) is 8.67. The number of aromatic nitrogens is 3. The van der Waals surface area contributed by atoms with Crippen LogP contribution in [0.4, 0.5) is 17.1 Å². The standard InChI is InChI=1S/C55H56N4/c1-3-14-44(15-4-1)55(45-16-5-2-6-17-45)47-18-7-9-20-49(47)59(50-21-10-8-19-48(50)55)46-25-23-43(24-26-46)52-56-51(27-22-39-29-37-12-11-13-38(28-37)30-39)57-53(58-52)54-34-40-31-41(35-54)33-42(32-40)36-54/h1-10,14-21,23-26,37-42H,11-13,22,27-36H2. The monoisotopic (exact) mass is 772 g/mol. The third-order valence-corrected chi connectivity index (χ3v) is 16.1. The molecule has 4 nitrogen and oxygen atoms in total. The van der Waals surface area contributed by atoms with E-state index < -0.39 is 5.41 Å². The van der Waals surface area contributed by atoms with Crippen molar-refractivity contribution in [2.75, 3.05) is 4.90 Å². The van der Waals surface area contributed by atoms with Gasteiger partial charge in [0.05, 0.1) is 16.8 Å². The first-order chi connectivity index (χ1) is 29.1. The smallest absolute Gasteiger partial charge is 0.163 e. The van der Waals surface area contributed by atoms with E-state index in [2.05, 4.69) is 138 Å². The highest BCUT2D eigenvalue weighted by molar-refractivity contribution is 5.89. The molecule has 2 atom stereocenters. The number of nitrogens with zero attached hydrogens (tertiary/aromatic N) is 4. The summed E-state index contributed by atoms with van der Waals surface area (Å²) in [5.41, 5.74) is 9.40. The molecule has 0 N–H and O–H groups in total. The zero-order valence-corrected chi connectivity index (χ0v) is 34.4. The Morgan fingerprint density at radius 1 is 0.508 bits per heavy atom. The minimum absolute atomic E-state index is 0.133. The van der Waals surface area contributed by atoms with Gasteiger partial charge >= 0.3 is 0 Å². The van der Waals surface area contributed by atoms with Crippen LogP contribution in [-0.2, 0) is 17.3 Å². The van der Waals surface area contributed by atoms with Crippen LogP contribution in [0.25, 0.3) is 11.4 Å². The lowest BCUT2D eigenvalue weighted by Gasteiger charge is -2.56. The largest absolute Gasteiger partial charge is 0.310 e. The molecule has 7 aliphatic rings. The molecule has 0 radical (unpaired) electrons. The fourth-order valence-corrected chi connectivity index (χ4v) is 14.2. The highest BCUT2D eigenvalue weighted by Crippen LogP contribution is 2.61. The summed E-state index contributed by atoms with van der Waals surface area (Å²) in [5.74, 6) is 8.31. The molecule has 6 aromatic rings. The lowest BCUT2D eigenvalue weighted by atomic mass is 9.49. The van der Waals surface area contributed by atoms with E-state index in [9.17, 15) is 0 Å². The fourth-order valence-electron chi connectivity index (χ4n) is 14.2. The maximum Gasteiger partial charge on any atom is 0.163 e. The molecule has 6 saturated carbocycles. The molecule has 0 spiro atoms. The second-order valence-corrected chi connectivity index (χ2v) is 19.8. The average Bonchev–Trinajstić information content (AvgIpc) is 3.27. The number of hydrogen-bond acceptors (Lipinski definition) is 4. The van der Waals surface area contributed by atoms with E-state index >= 15 is 0 Å². The average molecular weight is 773 g/mol. The van der Waals surface area contributed by atoms with Crippen LogP contribution in [0.1, 0.15) is 117 Å². The van der Waals surface area contributed by atoms with Crippen LogP contribution >= 0.6 is 0 Å². The second-order valence-electron chi connectivity index (χ2n) is 19.8. The van der Waals surface area contributed by atoms with Gasteiger partial charge in [-0.25, -0.2) is 15.0 Å². The molecule has 6 bridgehead atoms. The highest BCUT2D eigenvalue weighted by atomic mass is 15.2. The first kappa shape index (κ1) is 35.8. The topological polar surface area (TPSA) is 41.9 Å². The molecule has 2 unspecified atom stereocenters. The Morgan fingerprint density at radius 3 is 1.61 bits per heavy atom. The van der Waals surface area contributed by atoms with E-state index in [1.807, 2.05) is 0 Å². The van der Waals surface area contributed by atoms with E-state index in [1.165, 1.54) is 117 Å². The van der Waals surface area contributed by atoms with Gasteiger partial charge in [0.25, 0.3) is 0 Å². The van der Waals surface area contributed by atoms with Gasteiger partial charge in [-0.05, 0) is 158 Å². The fraction of sp³-hybridized carbons (Fsp3) is 0.400. The van der Waals surface area contributed by atoms with Crippen molar-refractivity contribution < 1.29 is 0 Å². The van der Waals surface area contributed by atoms with E-state index in [4.69, 9.17) is 15.0 Å². The molecule has 6 aliphatic carbocycles. The van der Waals surface area contributed by atoms with Gasteiger partial charge in [0, 0.05) is 23.1 Å². The minimum Gasteiger partial charge on any atom is -0.310 e. The summed E-state index contributed by atoms with van der Waals surface area (Å²) >= 11 is 0. The molecule has 13 rings (SSSR count). The Bertz CT molecular complexity index is 2340. The SMILES string of the molecule is c1ccc(C2(c3ccccc3)c3ccccc3N(c3ccc(-c4nc(CCC5CC6CCCC(C6)C5)nc(C56CC7CC(CC(C7)C5)C6)n4)cc3)c3ccccc32)cc1. The molecule has 1 aromatic heterocycles. The van der Waals surface area contributed by atoms with Crippen LogP contribution in [0.5, 0.6) is 0 Å². The van der Waals surface area contributed by atoms with Gasteiger partial charge in [-0.15, -0.1) is 0 Å². The van der Waals surface area contributed by atoms with Gasteiger partial charge in [-0.2, -0.15) is 0 Å². The first-order valence-electron chi connectivity index (χ1n) is 23.1. The maximum absolute atomic E-state index is 5.50. The van der Waals surface area contributed by atoms with Gasteiger partial charge in [-0.3, -0.25) is 0 Å². The molecular formula is C55H56N4. The van der Waals surface area contributed by atoms with Crippen molar-refractivity contribution in [2.45, 2.75) is 101 Å². The van der Waals surface area contributed by atoms with Crippen molar-refractivity contribution in [3.63, 3.8) is 0 Å². The predicted octanol–water partition coefficient (Wildman–Crippen LogP) is 13.3. The third kappa shape index (κ3) is 6.02. The summed E-state index contributed by atoms with van der Waals surface area (Å²) < 4.78 is 0. The van der Waals surface area contributed by atoms with Crippen molar-refractivity contribution in [2.24, 2.45) is 35.5 Å². The van der Waals surface area contributed by atoms with E-state index in [0.717, 1.165) is 70.7 Å². The van der Waals surface area contributed by atoms with Crippen LogP contribution in [-0.4, -0.2) is 15.0 Å². The van der Waals surface area contributed by atoms with Crippen LogP contribution in [0.3, 0.4) is 0 Å². The summed E-state index contributed by atoms with van der Waals surface area (Å²) in [6, 6.07) is 49.4. The second kappa shape index (κ2) is 14.3. The van der Waals surface area contributed by atoms with Gasteiger partial charge in [0.2, 0.25) is 0 Å². The van der Waals surface area contributed by atoms with Crippen molar-refractivity contribution in [1.82, 2.24) is 15.0 Å². The van der Waals surface area contributed by atoms with Crippen molar-refractivity contribution in [1.29, 1.82) is 0 Å². The molecule has 5 aromatic carbocycles. The Labute approximate surface area is 350 Å². The van der Waals surface area contributed by atoms with Gasteiger partial charge in [0.1, 0.15) is 11.6 Å². The Balaban J connectivity index is 0.933. The van der Waals surface area contributed by atoms with Crippen molar-refractivity contribution in [3.8, 4) is 11.4 Å².